The Balaban J connectivity index is 1.50. The molecule has 1 saturated heterocycles. The molecule has 44 heavy (non-hydrogen) atoms. The van der Waals surface area contributed by atoms with Crippen molar-refractivity contribution in [2.24, 2.45) is 10.9 Å². The van der Waals surface area contributed by atoms with Crippen molar-refractivity contribution >= 4 is 40.9 Å². The maximum atomic E-state index is 13.5. The molecule has 4 rings (SSSR count). The summed E-state index contributed by atoms with van der Waals surface area (Å²) in [4.78, 5) is 66.4. The lowest BCUT2D eigenvalue weighted by Crippen LogP contribution is -2.37. The SMILES string of the molecule is CC(=O)Nc1ccc(C(=O)OCCOC(=O)C2C(C)=NC(C)=C(C(=O)OC[C@@H]3CCCO3)[C@H]2c2ccccc2[N+](=O)[O-])cc1. The van der Waals surface area contributed by atoms with Crippen LogP contribution in [-0.2, 0) is 33.3 Å². The van der Waals surface area contributed by atoms with Crippen LogP contribution >= 0.6 is 0 Å². The van der Waals surface area contributed by atoms with Crippen LogP contribution in [0.2, 0.25) is 0 Å². The number of nitrogens with one attached hydrogen (secondary N) is 1. The molecular formula is C31H33N3O10. The highest BCUT2D eigenvalue weighted by molar-refractivity contribution is 6.07. The first-order chi connectivity index (χ1) is 21.1. The Morgan fingerprint density at radius 2 is 1.70 bits per heavy atom. The van der Waals surface area contributed by atoms with Crippen molar-refractivity contribution < 1.29 is 43.0 Å². The molecule has 1 amide bonds. The maximum Gasteiger partial charge on any atom is 0.338 e. The van der Waals surface area contributed by atoms with E-state index >= 15 is 0 Å². The highest BCUT2D eigenvalue weighted by atomic mass is 16.6. The predicted octanol–water partition coefficient (Wildman–Crippen LogP) is 4.12. The number of nitro benzene ring substituents is 1. The molecule has 3 atom stereocenters. The zero-order chi connectivity index (χ0) is 31.8. The van der Waals surface area contributed by atoms with Gasteiger partial charge in [0, 0.05) is 48.2 Å². The second-order valence-corrected chi connectivity index (χ2v) is 10.3. The summed E-state index contributed by atoms with van der Waals surface area (Å²) in [7, 11) is 0. The molecule has 0 aromatic heterocycles. The standard InChI is InChI=1S/C31H33N3O10/c1-18-26(30(37)43-16-15-42-29(36)21-10-12-22(13-11-21)33-20(3)35)28(24-8-4-5-9-25(24)34(39)40)27(19(2)32-18)31(38)44-17-23-7-6-14-41-23/h4-5,8-13,23,26,28H,6-7,14-17H2,1-3H3,(H,33,35)/t23-,26?,28-/m0/s1. The maximum absolute atomic E-state index is 13.5. The summed E-state index contributed by atoms with van der Waals surface area (Å²) in [5.41, 5.74) is 1.17. The number of benzene rings is 2. The van der Waals surface area contributed by atoms with Crippen molar-refractivity contribution in [1.29, 1.82) is 0 Å². The third-order valence-electron chi connectivity index (χ3n) is 7.20. The Bertz CT molecular complexity index is 1490. The average molecular weight is 608 g/mol. The molecule has 0 spiro atoms. The molecule has 13 nitrogen and oxygen atoms in total. The van der Waals surface area contributed by atoms with Gasteiger partial charge in [0.2, 0.25) is 5.91 Å². The molecule has 2 heterocycles. The summed E-state index contributed by atoms with van der Waals surface area (Å²) in [6.07, 6.45) is 1.33. The number of para-hydroxylation sites is 1. The molecule has 1 N–H and O–H groups in total. The molecule has 2 aliphatic rings. The van der Waals surface area contributed by atoms with Crippen LogP contribution in [0.15, 0.2) is 64.8 Å². The summed E-state index contributed by atoms with van der Waals surface area (Å²) >= 11 is 0. The van der Waals surface area contributed by atoms with Gasteiger partial charge in [0.1, 0.15) is 25.7 Å². The highest BCUT2D eigenvalue weighted by Crippen LogP contribution is 2.43. The van der Waals surface area contributed by atoms with Gasteiger partial charge in [-0.05, 0) is 51.0 Å². The van der Waals surface area contributed by atoms with Crippen molar-refractivity contribution in [2.45, 2.75) is 45.6 Å². The Morgan fingerprint density at radius 1 is 1.00 bits per heavy atom. The fourth-order valence-corrected chi connectivity index (χ4v) is 5.23. The van der Waals surface area contributed by atoms with Gasteiger partial charge in [-0.3, -0.25) is 24.7 Å². The molecule has 1 fully saturated rings. The number of nitrogens with zero attached hydrogens (tertiary/aromatic N) is 2. The number of anilines is 1. The van der Waals surface area contributed by atoms with E-state index in [2.05, 4.69) is 10.3 Å². The minimum atomic E-state index is -1.19. The molecule has 0 radical (unpaired) electrons. The summed E-state index contributed by atoms with van der Waals surface area (Å²) < 4.78 is 21.8. The van der Waals surface area contributed by atoms with Gasteiger partial charge >= 0.3 is 17.9 Å². The first-order valence-electron chi connectivity index (χ1n) is 14.1. The van der Waals surface area contributed by atoms with Crippen molar-refractivity contribution in [3.8, 4) is 0 Å². The number of amides is 1. The second-order valence-electron chi connectivity index (χ2n) is 10.3. The minimum Gasteiger partial charge on any atom is -0.462 e. The van der Waals surface area contributed by atoms with Gasteiger partial charge in [0.25, 0.3) is 5.69 Å². The van der Waals surface area contributed by atoms with Crippen molar-refractivity contribution in [3.05, 3.63) is 81.0 Å². The first kappa shape index (κ1) is 32.0. The lowest BCUT2D eigenvalue weighted by molar-refractivity contribution is -0.385. The molecular weight excluding hydrogens is 574 g/mol. The number of allylic oxidation sites excluding steroid dienone is 1. The van der Waals surface area contributed by atoms with Crippen LogP contribution in [0.4, 0.5) is 11.4 Å². The average Bonchev–Trinajstić information content (AvgIpc) is 3.51. The number of ether oxygens (including phenoxy) is 4. The van der Waals surface area contributed by atoms with Gasteiger partial charge < -0.3 is 24.3 Å². The number of rotatable bonds is 11. The molecule has 2 aromatic rings. The molecule has 1 unspecified atom stereocenters. The summed E-state index contributed by atoms with van der Waals surface area (Å²) in [6.45, 7) is 4.50. The van der Waals surface area contributed by atoms with Crippen LogP contribution in [0, 0.1) is 16.0 Å². The zero-order valence-corrected chi connectivity index (χ0v) is 24.6. The monoisotopic (exact) mass is 607 g/mol. The number of carbonyl (C=O) groups excluding carboxylic acids is 4. The normalized spacial score (nSPS) is 19.5. The van der Waals surface area contributed by atoms with Crippen LogP contribution in [-0.4, -0.2) is 67.0 Å². The molecule has 2 aromatic carbocycles. The smallest absolute Gasteiger partial charge is 0.338 e. The molecule has 232 valence electrons. The van der Waals surface area contributed by atoms with Crippen LogP contribution in [0.1, 0.15) is 55.5 Å². The van der Waals surface area contributed by atoms with Crippen molar-refractivity contribution in [2.75, 3.05) is 31.7 Å². The van der Waals surface area contributed by atoms with Gasteiger partial charge in [-0.2, -0.15) is 0 Å². The fraction of sp³-hybridized carbons (Fsp3) is 0.387. The number of aliphatic imine (C=N–C) groups is 1. The third-order valence-corrected chi connectivity index (χ3v) is 7.20. The number of hydrogen-bond acceptors (Lipinski definition) is 11. The van der Waals surface area contributed by atoms with E-state index in [4.69, 9.17) is 18.9 Å². The van der Waals surface area contributed by atoms with E-state index in [9.17, 15) is 29.3 Å². The molecule has 2 aliphatic heterocycles. The largest absolute Gasteiger partial charge is 0.462 e. The summed E-state index contributed by atoms with van der Waals surface area (Å²) in [5, 5.41) is 14.6. The lowest BCUT2D eigenvalue weighted by Gasteiger charge is -2.31. The fourth-order valence-electron chi connectivity index (χ4n) is 5.23. The van der Waals surface area contributed by atoms with E-state index in [1.54, 1.807) is 32.0 Å². The third kappa shape index (κ3) is 7.72. The van der Waals surface area contributed by atoms with Crippen LogP contribution in [0.3, 0.4) is 0 Å². The molecule has 0 bridgehead atoms. The van der Waals surface area contributed by atoms with E-state index < -0.39 is 34.7 Å². The number of nitro groups is 1. The molecule has 13 heteroatoms. The van der Waals surface area contributed by atoms with Crippen LogP contribution in [0.5, 0.6) is 0 Å². The number of carbonyl (C=O) groups is 4. The Hall–Kier alpha value is -4.91. The molecule has 0 saturated carbocycles. The number of hydrogen-bond donors (Lipinski definition) is 1. The lowest BCUT2D eigenvalue weighted by atomic mass is 9.75. The van der Waals surface area contributed by atoms with Gasteiger partial charge in [0.15, 0.2) is 0 Å². The van der Waals surface area contributed by atoms with E-state index in [0.29, 0.717) is 18.0 Å². The Kier molecular flexibility index (Phi) is 10.6. The summed E-state index contributed by atoms with van der Waals surface area (Å²) in [6, 6.07) is 11.9. The van der Waals surface area contributed by atoms with Gasteiger partial charge in [0.05, 0.1) is 22.2 Å². The zero-order valence-electron chi connectivity index (χ0n) is 24.6. The number of esters is 3. The van der Waals surface area contributed by atoms with Gasteiger partial charge in [-0.1, -0.05) is 18.2 Å². The first-order valence-corrected chi connectivity index (χ1v) is 14.1. The molecule has 0 aliphatic carbocycles. The van der Waals surface area contributed by atoms with Crippen LogP contribution in [0.25, 0.3) is 0 Å². The quantitative estimate of drug-likeness (QED) is 0.129. The highest BCUT2D eigenvalue weighted by Gasteiger charge is 2.45. The van der Waals surface area contributed by atoms with E-state index in [-0.39, 0.29) is 59.9 Å². The van der Waals surface area contributed by atoms with Crippen LogP contribution < -0.4 is 5.32 Å². The minimum absolute atomic E-state index is 0.00163. The van der Waals surface area contributed by atoms with Gasteiger partial charge in [-0.25, -0.2) is 9.59 Å². The summed E-state index contributed by atoms with van der Waals surface area (Å²) in [5.74, 6) is -4.79. The van der Waals surface area contributed by atoms with Gasteiger partial charge in [-0.15, -0.1) is 0 Å². The van der Waals surface area contributed by atoms with E-state index in [1.165, 1.54) is 37.3 Å². The topological polar surface area (TPSA) is 173 Å². The Labute approximate surface area is 253 Å². The van der Waals surface area contributed by atoms with E-state index in [1.807, 2.05) is 0 Å². The Morgan fingerprint density at radius 3 is 2.36 bits per heavy atom. The van der Waals surface area contributed by atoms with Crippen molar-refractivity contribution in [1.82, 2.24) is 0 Å². The second kappa shape index (κ2) is 14.5. The predicted molar refractivity (Wildman–Crippen MR) is 157 cm³/mol. The van der Waals surface area contributed by atoms with Crippen molar-refractivity contribution in [3.63, 3.8) is 0 Å². The van der Waals surface area contributed by atoms with E-state index in [0.717, 1.165) is 12.8 Å².